The molecule has 1 fully saturated rings. The van der Waals surface area contributed by atoms with E-state index in [2.05, 4.69) is 15.9 Å². The molecule has 1 aliphatic rings. The molecule has 0 atom stereocenters. The topological polar surface area (TPSA) is 63.4 Å². The van der Waals surface area contributed by atoms with Crippen LogP contribution in [0.1, 0.15) is 19.8 Å². The third-order valence-corrected chi connectivity index (χ3v) is 6.61. The van der Waals surface area contributed by atoms with Crippen molar-refractivity contribution in [2.24, 2.45) is 5.92 Å². The molecular weight excluding hydrogens is 371 g/mol. The molecule has 0 spiro atoms. The number of halogens is 3. The lowest BCUT2D eigenvalue weighted by molar-refractivity contribution is 0.408. The van der Waals surface area contributed by atoms with E-state index in [-0.39, 0.29) is 21.7 Å². The average Bonchev–Trinajstić information content (AvgIpc) is 3.21. The lowest BCUT2D eigenvalue weighted by atomic mass is 10.3. The fourth-order valence-electron chi connectivity index (χ4n) is 1.91. The molecule has 1 aliphatic carbocycles. The van der Waals surface area contributed by atoms with Gasteiger partial charge in [-0.15, -0.1) is 0 Å². The smallest absolute Gasteiger partial charge is 0.246 e. The van der Waals surface area contributed by atoms with Crippen molar-refractivity contribution in [1.82, 2.24) is 4.31 Å². The van der Waals surface area contributed by atoms with Gasteiger partial charge in [-0.2, -0.15) is 4.31 Å². The van der Waals surface area contributed by atoms with E-state index >= 15 is 0 Å². The second-order valence-electron chi connectivity index (χ2n) is 4.80. The van der Waals surface area contributed by atoms with Crippen molar-refractivity contribution in [1.29, 1.82) is 0 Å². The number of nitrogens with two attached hydrogens (primary N) is 1. The predicted molar refractivity (Wildman–Crippen MR) is 80.7 cm³/mol. The Morgan fingerprint density at radius 3 is 2.65 bits per heavy atom. The molecule has 1 saturated carbocycles. The molecule has 1 aromatic carbocycles. The van der Waals surface area contributed by atoms with Crippen molar-refractivity contribution in [2.75, 3.05) is 18.8 Å². The highest BCUT2D eigenvalue weighted by molar-refractivity contribution is 9.10. The maximum atomic E-state index is 14.2. The SMILES string of the molecule is CCN(CC1CC1)S(=O)(=O)c1cc(Cl)c(Br)c(N)c1F. The van der Waals surface area contributed by atoms with Crippen LogP contribution in [0.25, 0.3) is 0 Å². The van der Waals surface area contributed by atoms with E-state index in [1.165, 1.54) is 4.31 Å². The standard InChI is InChI=1S/C12H15BrClFN2O2S/c1-2-17(6-7-3-4-7)20(18,19)9-5-8(14)10(13)12(16)11(9)15/h5,7H,2-4,6,16H2,1H3. The molecule has 20 heavy (non-hydrogen) atoms. The van der Waals surface area contributed by atoms with Gasteiger partial charge in [0.05, 0.1) is 15.2 Å². The number of rotatable bonds is 5. The van der Waals surface area contributed by atoms with Crippen molar-refractivity contribution in [3.8, 4) is 0 Å². The molecule has 2 rings (SSSR count). The van der Waals surface area contributed by atoms with Gasteiger partial charge in [-0.05, 0) is 40.8 Å². The number of nitrogen functional groups attached to an aromatic ring is 1. The Labute approximate surface area is 131 Å². The van der Waals surface area contributed by atoms with Gasteiger partial charge in [0.1, 0.15) is 4.90 Å². The summed E-state index contributed by atoms with van der Waals surface area (Å²) in [5, 5.41) is 0.0740. The van der Waals surface area contributed by atoms with Gasteiger partial charge in [0.25, 0.3) is 0 Å². The van der Waals surface area contributed by atoms with Crippen LogP contribution in [0.2, 0.25) is 5.02 Å². The molecule has 0 bridgehead atoms. The number of hydrogen-bond acceptors (Lipinski definition) is 3. The first-order valence-corrected chi connectivity index (χ1v) is 8.83. The lowest BCUT2D eigenvalue weighted by Crippen LogP contribution is -2.33. The summed E-state index contributed by atoms with van der Waals surface area (Å²) in [5.41, 5.74) is 5.25. The third kappa shape index (κ3) is 2.95. The van der Waals surface area contributed by atoms with Gasteiger partial charge >= 0.3 is 0 Å². The summed E-state index contributed by atoms with van der Waals surface area (Å²) >= 11 is 8.92. The molecule has 1 aromatic rings. The van der Waals surface area contributed by atoms with Gasteiger partial charge in [-0.3, -0.25) is 0 Å². The highest BCUT2D eigenvalue weighted by Crippen LogP contribution is 2.37. The molecule has 4 nitrogen and oxygen atoms in total. The fraction of sp³-hybridized carbons (Fsp3) is 0.500. The Balaban J connectivity index is 2.47. The molecule has 0 unspecified atom stereocenters. The van der Waals surface area contributed by atoms with Crippen molar-refractivity contribution < 1.29 is 12.8 Å². The summed E-state index contributed by atoms with van der Waals surface area (Å²) in [6.07, 6.45) is 2.02. The van der Waals surface area contributed by atoms with E-state index in [1.54, 1.807) is 6.92 Å². The van der Waals surface area contributed by atoms with Crippen molar-refractivity contribution in [3.05, 3.63) is 21.4 Å². The summed E-state index contributed by atoms with van der Waals surface area (Å²) in [5.74, 6) is -0.591. The van der Waals surface area contributed by atoms with Gasteiger partial charge in [-0.25, -0.2) is 12.8 Å². The summed E-state index contributed by atoms with van der Waals surface area (Å²) in [6, 6.07) is 1.10. The predicted octanol–water partition coefficient (Wildman–Crippen LogP) is 3.24. The van der Waals surface area contributed by atoms with Gasteiger partial charge in [0.15, 0.2) is 5.82 Å². The lowest BCUT2D eigenvalue weighted by Gasteiger charge is -2.21. The second kappa shape index (κ2) is 5.79. The number of sulfonamides is 1. The van der Waals surface area contributed by atoms with Crippen LogP contribution in [0.5, 0.6) is 0 Å². The van der Waals surface area contributed by atoms with Crippen LogP contribution in [-0.4, -0.2) is 25.8 Å². The molecule has 2 N–H and O–H groups in total. The van der Waals surface area contributed by atoms with Gasteiger partial charge < -0.3 is 5.73 Å². The Morgan fingerprint density at radius 2 is 2.15 bits per heavy atom. The second-order valence-corrected chi connectivity index (χ2v) is 7.90. The van der Waals surface area contributed by atoms with Crippen LogP contribution in [0, 0.1) is 11.7 Å². The normalized spacial score (nSPS) is 15.8. The molecular formula is C12H15BrClFN2O2S. The van der Waals surface area contributed by atoms with Crippen LogP contribution < -0.4 is 5.73 Å². The Bertz CT molecular complexity index is 635. The van der Waals surface area contributed by atoms with Crippen molar-refractivity contribution in [3.63, 3.8) is 0 Å². The summed E-state index contributed by atoms with van der Waals surface area (Å²) < 4.78 is 40.6. The quantitative estimate of drug-likeness (QED) is 0.625. The molecule has 0 aromatic heterocycles. The van der Waals surface area contributed by atoms with Crippen LogP contribution >= 0.6 is 27.5 Å². The molecule has 112 valence electrons. The van der Waals surface area contributed by atoms with Crippen molar-refractivity contribution in [2.45, 2.75) is 24.7 Å². The highest BCUT2D eigenvalue weighted by Gasteiger charge is 2.33. The first-order chi connectivity index (χ1) is 9.28. The van der Waals surface area contributed by atoms with Crippen LogP contribution in [0.15, 0.2) is 15.4 Å². The first-order valence-electron chi connectivity index (χ1n) is 6.22. The zero-order chi connectivity index (χ0) is 15.1. The summed E-state index contributed by atoms with van der Waals surface area (Å²) in [6.45, 7) is 2.42. The van der Waals surface area contributed by atoms with Gasteiger partial charge in [-0.1, -0.05) is 18.5 Å². The molecule has 0 heterocycles. The minimum absolute atomic E-state index is 0.0740. The molecule has 0 amide bonds. The number of hydrogen-bond donors (Lipinski definition) is 1. The van der Waals surface area contributed by atoms with Crippen LogP contribution in [0.3, 0.4) is 0 Å². The number of benzene rings is 1. The van der Waals surface area contributed by atoms with E-state index in [4.69, 9.17) is 17.3 Å². The van der Waals surface area contributed by atoms with E-state index in [9.17, 15) is 12.8 Å². The Morgan fingerprint density at radius 1 is 1.55 bits per heavy atom. The molecule has 0 saturated heterocycles. The maximum absolute atomic E-state index is 14.2. The largest absolute Gasteiger partial charge is 0.395 e. The minimum Gasteiger partial charge on any atom is -0.395 e. The van der Waals surface area contributed by atoms with Crippen LogP contribution in [-0.2, 0) is 10.0 Å². The van der Waals surface area contributed by atoms with E-state index in [0.29, 0.717) is 12.5 Å². The first kappa shape index (κ1) is 16.0. The van der Waals surface area contributed by atoms with E-state index in [1.807, 2.05) is 0 Å². The minimum atomic E-state index is -3.93. The average molecular weight is 386 g/mol. The molecule has 0 aliphatic heterocycles. The zero-order valence-electron chi connectivity index (χ0n) is 10.9. The molecule has 8 heteroatoms. The third-order valence-electron chi connectivity index (χ3n) is 3.29. The monoisotopic (exact) mass is 384 g/mol. The highest BCUT2D eigenvalue weighted by atomic mass is 79.9. The number of anilines is 1. The Kier molecular flexibility index (Phi) is 4.63. The van der Waals surface area contributed by atoms with E-state index in [0.717, 1.165) is 18.9 Å². The summed E-state index contributed by atoms with van der Waals surface area (Å²) in [4.78, 5) is -0.467. The molecule has 0 radical (unpaired) electrons. The van der Waals surface area contributed by atoms with E-state index < -0.39 is 20.7 Å². The maximum Gasteiger partial charge on any atom is 0.246 e. The van der Waals surface area contributed by atoms with Gasteiger partial charge in [0, 0.05) is 13.1 Å². The number of nitrogens with zero attached hydrogens (tertiary/aromatic N) is 1. The van der Waals surface area contributed by atoms with Crippen molar-refractivity contribution >= 4 is 43.2 Å². The summed E-state index contributed by atoms with van der Waals surface area (Å²) in [7, 11) is -3.93. The Hall–Kier alpha value is -0.370. The van der Waals surface area contributed by atoms with Crippen LogP contribution in [0.4, 0.5) is 10.1 Å². The zero-order valence-corrected chi connectivity index (χ0v) is 14.0. The fourth-order valence-corrected chi connectivity index (χ4v) is 4.10. The van der Waals surface area contributed by atoms with Gasteiger partial charge in [0.2, 0.25) is 10.0 Å².